The highest BCUT2D eigenvalue weighted by molar-refractivity contribution is 5.94. The Morgan fingerprint density at radius 1 is 1.00 bits per heavy atom. The monoisotopic (exact) mass is 483 g/mol. The predicted octanol–water partition coefficient (Wildman–Crippen LogP) is 5.66. The van der Waals surface area contributed by atoms with E-state index in [2.05, 4.69) is 15.1 Å². The molecule has 2 heterocycles. The smallest absolute Gasteiger partial charge is 0.368 e. The number of carbonyl (C=O) groups excluding carboxylic acids is 1. The fourth-order valence-electron chi connectivity index (χ4n) is 5.09. The molecule has 0 saturated carbocycles. The van der Waals surface area contributed by atoms with E-state index in [9.17, 15) is 22.4 Å². The molecule has 3 aromatic rings. The molecule has 4 nitrogen and oxygen atoms in total. The number of nitrogens with one attached hydrogen (secondary N) is 1. The van der Waals surface area contributed by atoms with Crippen molar-refractivity contribution in [3.8, 4) is 0 Å². The molecule has 2 aliphatic rings. The highest BCUT2D eigenvalue weighted by Gasteiger charge is 2.43. The number of benzene rings is 3. The molecule has 0 radical (unpaired) electrons. The lowest BCUT2D eigenvalue weighted by atomic mass is 9.82. The van der Waals surface area contributed by atoms with Gasteiger partial charge in [0.15, 0.2) is 0 Å². The van der Waals surface area contributed by atoms with E-state index >= 15 is 0 Å². The first-order valence-corrected chi connectivity index (χ1v) is 11.5. The van der Waals surface area contributed by atoms with Gasteiger partial charge in [0.05, 0.1) is 17.5 Å². The molecule has 8 heteroatoms. The molecule has 3 aromatic carbocycles. The number of anilines is 3. The first-order valence-electron chi connectivity index (χ1n) is 11.5. The van der Waals surface area contributed by atoms with E-state index < -0.39 is 23.5 Å². The molecule has 1 N–H and O–H groups in total. The fraction of sp³-hybridized carbons (Fsp3) is 0.296. The average molecular weight is 484 g/mol. The maximum absolute atomic E-state index is 13.7. The summed E-state index contributed by atoms with van der Waals surface area (Å²) >= 11 is 0. The van der Waals surface area contributed by atoms with Gasteiger partial charge >= 0.3 is 6.18 Å². The van der Waals surface area contributed by atoms with E-state index in [1.165, 1.54) is 24.3 Å². The van der Waals surface area contributed by atoms with E-state index in [0.717, 1.165) is 29.1 Å². The van der Waals surface area contributed by atoms with Gasteiger partial charge in [0.25, 0.3) is 0 Å². The Labute approximate surface area is 201 Å². The van der Waals surface area contributed by atoms with E-state index in [4.69, 9.17) is 0 Å². The van der Waals surface area contributed by atoms with Crippen LogP contribution in [0.5, 0.6) is 0 Å². The zero-order valence-electron chi connectivity index (χ0n) is 19.1. The van der Waals surface area contributed by atoms with Gasteiger partial charge in [-0.3, -0.25) is 4.79 Å². The van der Waals surface area contributed by atoms with Crippen LogP contribution in [0.1, 0.15) is 16.7 Å². The molecule has 1 amide bonds. The minimum Gasteiger partial charge on any atom is -0.368 e. The lowest BCUT2D eigenvalue weighted by Crippen LogP contribution is -2.60. The topological polar surface area (TPSA) is 35.6 Å². The van der Waals surface area contributed by atoms with Crippen molar-refractivity contribution in [1.29, 1.82) is 0 Å². The molecule has 0 bridgehead atoms. The normalized spacial score (nSPS) is 19.7. The first-order chi connectivity index (χ1) is 16.7. The van der Waals surface area contributed by atoms with Gasteiger partial charge in [-0.2, -0.15) is 13.2 Å². The van der Waals surface area contributed by atoms with E-state index in [0.29, 0.717) is 30.9 Å². The second kappa shape index (κ2) is 8.91. The molecule has 2 unspecified atom stereocenters. The number of hydrogen-bond acceptors (Lipinski definition) is 3. The van der Waals surface area contributed by atoms with Crippen molar-refractivity contribution in [2.75, 3.05) is 34.8 Å². The number of hydrogen-bond donors (Lipinski definition) is 1. The van der Waals surface area contributed by atoms with E-state index in [-0.39, 0.29) is 18.4 Å². The zero-order valence-corrected chi connectivity index (χ0v) is 19.1. The quantitative estimate of drug-likeness (QED) is 0.489. The summed E-state index contributed by atoms with van der Waals surface area (Å²) in [6.07, 6.45) is -4.29. The summed E-state index contributed by atoms with van der Waals surface area (Å²) in [6.45, 7) is 3.81. The summed E-state index contributed by atoms with van der Waals surface area (Å²) in [5.74, 6) is -1.42. The van der Waals surface area contributed by atoms with Crippen molar-refractivity contribution >= 4 is 23.0 Å². The van der Waals surface area contributed by atoms with Crippen molar-refractivity contribution in [1.82, 2.24) is 0 Å². The Kier molecular flexibility index (Phi) is 5.91. The van der Waals surface area contributed by atoms with Crippen LogP contribution in [0.25, 0.3) is 0 Å². The third kappa shape index (κ3) is 4.70. The zero-order chi connectivity index (χ0) is 24.7. The molecule has 35 heavy (non-hydrogen) atoms. The van der Waals surface area contributed by atoms with Crippen molar-refractivity contribution < 1.29 is 22.4 Å². The SMILES string of the molecule is Cc1ccc(N2CCN3c4ccc(C(F)(F)F)cc4CC(C(=O)Nc4cccc(F)c4)C3C2)cc1. The minimum absolute atomic E-state index is 0.170. The van der Waals surface area contributed by atoms with Crippen molar-refractivity contribution in [2.24, 2.45) is 5.92 Å². The van der Waals surface area contributed by atoms with Gasteiger partial charge in [0, 0.05) is 36.7 Å². The Hall–Kier alpha value is -3.55. The van der Waals surface area contributed by atoms with E-state index in [1.807, 2.05) is 31.2 Å². The molecular weight excluding hydrogens is 458 g/mol. The highest BCUT2D eigenvalue weighted by Crippen LogP contribution is 2.40. The Balaban J connectivity index is 1.49. The fourth-order valence-corrected chi connectivity index (χ4v) is 5.09. The van der Waals surface area contributed by atoms with Crippen molar-refractivity contribution in [3.05, 3.63) is 89.2 Å². The molecule has 1 fully saturated rings. The van der Waals surface area contributed by atoms with Gasteiger partial charge in [0.2, 0.25) is 5.91 Å². The van der Waals surface area contributed by atoms with Crippen molar-refractivity contribution in [2.45, 2.75) is 25.6 Å². The number of aryl methyl sites for hydroxylation is 1. The lowest BCUT2D eigenvalue weighted by Gasteiger charge is -2.49. The van der Waals surface area contributed by atoms with Gasteiger partial charge in [0.1, 0.15) is 5.82 Å². The number of carbonyl (C=O) groups is 1. The standard InChI is InChI=1S/C27H25F4N3O/c1-17-5-8-22(9-6-17)33-11-12-34-24-10-7-19(27(29,30)31)13-18(24)14-23(25(34)16-33)26(35)32-21-4-2-3-20(28)15-21/h2-10,13,15,23,25H,11-12,14,16H2,1H3,(H,32,35). The van der Waals surface area contributed by atoms with E-state index in [1.54, 1.807) is 6.07 Å². The maximum atomic E-state index is 13.7. The second-order valence-corrected chi connectivity index (χ2v) is 9.19. The van der Waals surface area contributed by atoms with Crippen LogP contribution in [0.4, 0.5) is 34.6 Å². The van der Waals surface area contributed by atoms with Crippen LogP contribution in [-0.2, 0) is 17.4 Å². The maximum Gasteiger partial charge on any atom is 0.416 e. The predicted molar refractivity (Wildman–Crippen MR) is 128 cm³/mol. The van der Waals surface area contributed by atoms with Gasteiger partial charge in [-0.1, -0.05) is 23.8 Å². The third-order valence-corrected chi connectivity index (χ3v) is 6.87. The summed E-state index contributed by atoms with van der Waals surface area (Å²) in [7, 11) is 0. The van der Waals surface area contributed by atoms with Crippen LogP contribution in [0.3, 0.4) is 0 Å². The molecule has 2 atom stereocenters. The number of halogens is 4. The first kappa shape index (κ1) is 23.2. The largest absolute Gasteiger partial charge is 0.416 e. The van der Waals surface area contributed by atoms with Gasteiger partial charge < -0.3 is 15.1 Å². The van der Waals surface area contributed by atoms with Gasteiger partial charge in [-0.15, -0.1) is 0 Å². The van der Waals surface area contributed by atoms with Gasteiger partial charge in [-0.05, 0) is 67.4 Å². The number of fused-ring (bicyclic) bond motifs is 3. The Morgan fingerprint density at radius 3 is 2.49 bits per heavy atom. The molecular formula is C27H25F4N3O. The summed E-state index contributed by atoms with van der Waals surface area (Å²) in [5, 5.41) is 2.78. The molecule has 0 aromatic heterocycles. The molecule has 5 rings (SSSR count). The summed E-state index contributed by atoms with van der Waals surface area (Å²) in [6, 6.07) is 17.3. The summed E-state index contributed by atoms with van der Waals surface area (Å²) < 4.78 is 53.9. The number of piperazine rings is 1. The third-order valence-electron chi connectivity index (χ3n) is 6.87. The highest BCUT2D eigenvalue weighted by atomic mass is 19.4. The lowest BCUT2D eigenvalue weighted by molar-refractivity contribution is -0.137. The Morgan fingerprint density at radius 2 is 1.77 bits per heavy atom. The number of alkyl halides is 3. The molecule has 182 valence electrons. The van der Waals surface area contributed by atoms with Crippen LogP contribution in [0, 0.1) is 18.7 Å². The molecule has 0 spiro atoms. The average Bonchev–Trinajstić information content (AvgIpc) is 2.82. The van der Waals surface area contributed by atoms with Crippen molar-refractivity contribution in [3.63, 3.8) is 0 Å². The van der Waals surface area contributed by atoms with Crippen LogP contribution in [0.2, 0.25) is 0 Å². The van der Waals surface area contributed by atoms with Crippen LogP contribution in [0.15, 0.2) is 66.7 Å². The van der Waals surface area contributed by atoms with Crippen LogP contribution >= 0.6 is 0 Å². The minimum atomic E-state index is -4.46. The molecule has 2 aliphatic heterocycles. The van der Waals surface area contributed by atoms with Crippen LogP contribution < -0.4 is 15.1 Å². The second-order valence-electron chi connectivity index (χ2n) is 9.19. The molecule has 0 aliphatic carbocycles. The number of rotatable bonds is 3. The van der Waals surface area contributed by atoms with Gasteiger partial charge in [-0.25, -0.2) is 4.39 Å². The van der Waals surface area contributed by atoms with Crippen LogP contribution in [-0.4, -0.2) is 31.6 Å². The molecule has 1 saturated heterocycles. The number of amides is 1. The summed E-state index contributed by atoms with van der Waals surface area (Å²) in [4.78, 5) is 17.7. The summed E-state index contributed by atoms with van der Waals surface area (Å²) in [5.41, 5.74) is 3.02. The Bertz CT molecular complexity index is 1240. The number of nitrogens with zero attached hydrogens (tertiary/aromatic N) is 2.